The number of rotatable bonds is 6. The summed E-state index contributed by atoms with van der Waals surface area (Å²) < 4.78 is 18.4. The number of methoxy groups -OCH3 is 1. The van der Waals surface area contributed by atoms with Gasteiger partial charge in [0.15, 0.2) is 0 Å². The van der Waals surface area contributed by atoms with Crippen LogP contribution in [0.5, 0.6) is 5.75 Å². The van der Waals surface area contributed by atoms with E-state index in [-0.39, 0.29) is 12.2 Å². The second-order valence-corrected chi connectivity index (χ2v) is 5.58. The van der Waals surface area contributed by atoms with Crippen LogP contribution in [0, 0.1) is 15.9 Å². The van der Waals surface area contributed by atoms with E-state index in [0.717, 1.165) is 12.1 Å². The highest BCUT2D eigenvalue weighted by Crippen LogP contribution is 2.29. The van der Waals surface area contributed by atoms with Crippen LogP contribution in [0.15, 0.2) is 36.4 Å². The summed E-state index contributed by atoms with van der Waals surface area (Å²) in [5, 5.41) is 14.1. The number of ether oxygens (including phenoxy) is 1. The van der Waals surface area contributed by atoms with Crippen LogP contribution in [0.4, 0.5) is 21.5 Å². The summed E-state index contributed by atoms with van der Waals surface area (Å²) >= 11 is 5.90. The molecular formula is C16H15ClFN3O4. The number of likely N-dealkylation sites (N-methyl/N-ethyl adjacent to an activating group) is 1. The van der Waals surface area contributed by atoms with Crippen LogP contribution in [-0.4, -0.2) is 31.5 Å². The Labute approximate surface area is 148 Å². The van der Waals surface area contributed by atoms with Gasteiger partial charge in [-0.05, 0) is 30.3 Å². The van der Waals surface area contributed by atoms with Crippen molar-refractivity contribution in [2.24, 2.45) is 0 Å². The van der Waals surface area contributed by atoms with Crippen LogP contribution in [-0.2, 0) is 4.79 Å². The Hall–Kier alpha value is -2.87. The fourth-order valence-corrected chi connectivity index (χ4v) is 2.41. The lowest BCUT2D eigenvalue weighted by molar-refractivity contribution is -0.384. The van der Waals surface area contributed by atoms with Crippen molar-refractivity contribution in [3.63, 3.8) is 0 Å². The number of carbonyl (C=O) groups is 1. The summed E-state index contributed by atoms with van der Waals surface area (Å²) in [7, 11) is 2.95. The first-order chi connectivity index (χ1) is 11.8. The largest absolute Gasteiger partial charge is 0.495 e. The Morgan fingerprint density at radius 3 is 2.72 bits per heavy atom. The zero-order chi connectivity index (χ0) is 18.6. The minimum atomic E-state index is -0.725. The van der Waals surface area contributed by atoms with Gasteiger partial charge in [0.05, 0.1) is 30.3 Å². The molecule has 9 heteroatoms. The summed E-state index contributed by atoms with van der Waals surface area (Å²) in [4.78, 5) is 23.9. The Balaban J connectivity index is 2.16. The van der Waals surface area contributed by atoms with Crippen molar-refractivity contribution in [3.8, 4) is 5.75 Å². The molecule has 132 valence electrons. The second kappa shape index (κ2) is 7.80. The van der Waals surface area contributed by atoms with Crippen molar-refractivity contribution in [1.82, 2.24) is 0 Å². The highest BCUT2D eigenvalue weighted by molar-refractivity contribution is 6.31. The highest BCUT2D eigenvalue weighted by Gasteiger charge is 2.20. The summed E-state index contributed by atoms with van der Waals surface area (Å²) in [6.07, 6.45) is 0. The van der Waals surface area contributed by atoms with Gasteiger partial charge in [0.1, 0.15) is 17.3 Å². The van der Waals surface area contributed by atoms with Crippen molar-refractivity contribution in [1.29, 1.82) is 0 Å². The average molecular weight is 368 g/mol. The van der Waals surface area contributed by atoms with Gasteiger partial charge < -0.3 is 15.0 Å². The lowest BCUT2D eigenvalue weighted by atomic mass is 10.2. The van der Waals surface area contributed by atoms with Gasteiger partial charge in [0, 0.05) is 12.1 Å². The zero-order valence-electron chi connectivity index (χ0n) is 13.5. The Morgan fingerprint density at radius 2 is 2.08 bits per heavy atom. The zero-order valence-corrected chi connectivity index (χ0v) is 14.2. The molecule has 0 saturated heterocycles. The third-order valence-corrected chi connectivity index (χ3v) is 3.60. The molecule has 0 aliphatic carbocycles. The molecule has 7 nitrogen and oxygen atoms in total. The van der Waals surface area contributed by atoms with Gasteiger partial charge in [-0.15, -0.1) is 0 Å². The first-order valence-electron chi connectivity index (χ1n) is 7.10. The number of nitro benzene ring substituents is 1. The van der Waals surface area contributed by atoms with Gasteiger partial charge in [0.2, 0.25) is 5.91 Å². The molecule has 0 aliphatic rings. The molecule has 1 amide bonds. The first-order valence-corrected chi connectivity index (χ1v) is 7.48. The summed E-state index contributed by atoms with van der Waals surface area (Å²) in [6.45, 7) is -0.192. The summed E-state index contributed by atoms with van der Waals surface area (Å²) in [5.41, 5.74) is 0.0808. The Kier molecular flexibility index (Phi) is 5.76. The topological polar surface area (TPSA) is 84.7 Å². The van der Waals surface area contributed by atoms with Crippen LogP contribution < -0.4 is 15.0 Å². The minimum absolute atomic E-state index is 0.125. The van der Waals surface area contributed by atoms with Gasteiger partial charge in [-0.25, -0.2) is 4.39 Å². The number of nitrogens with zero attached hydrogens (tertiary/aromatic N) is 2. The maximum absolute atomic E-state index is 13.2. The van der Waals surface area contributed by atoms with E-state index in [4.69, 9.17) is 16.3 Å². The first kappa shape index (κ1) is 18.5. The van der Waals surface area contributed by atoms with Crippen LogP contribution in [0.1, 0.15) is 0 Å². The SMILES string of the molecule is COc1ccc(Cl)cc1NC(=O)CN(C)c1ccc(F)cc1[N+](=O)[O-]. The third-order valence-electron chi connectivity index (χ3n) is 3.36. The predicted octanol–water partition coefficient (Wildman–Crippen LogP) is 3.47. The molecule has 2 aromatic rings. The number of nitro groups is 1. The second-order valence-electron chi connectivity index (χ2n) is 5.14. The number of halogens is 2. The smallest absolute Gasteiger partial charge is 0.295 e. The van der Waals surface area contributed by atoms with E-state index in [0.29, 0.717) is 16.5 Å². The third kappa shape index (κ3) is 4.57. The molecule has 0 aliphatic heterocycles. The van der Waals surface area contributed by atoms with Crippen molar-refractivity contribution < 1.29 is 18.8 Å². The molecule has 0 fully saturated rings. The minimum Gasteiger partial charge on any atom is -0.495 e. The number of amides is 1. The summed E-state index contributed by atoms with van der Waals surface area (Å²) in [5.74, 6) is -0.744. The number of nitrogens with one attached hydrogen (secondary N) is 1. The fraction of sp³-hybridized carbons (Fsp3) is 0.188. The van der Waals surface area contributed by atoms with Crippen LogP contribution in [0.25, 0.3) is 0 Å². The van der Waals surface area contributed by atoms with Gasteiger partial charge in [-0.3, -0.25) is 14.9 Å². The van der Waals surface area contributed by atoms with Gasteiger partial charge >= 0.3 is 0 Å². The predicted molar refractivity (Wildman–Crippen MR) is 93.0 cm³/mol. The van der Waals surface area contributed by atoms with E-state index < -0.39 is 22.3 Å². The normalized spacial score (nSPS) is 10.2. The van der Waals surface area contributed by atoms with Crippen LogP contribution in [0.3, 0.4) is 0 Å². The Bertz CT molecular complexity index is 816. The maximum atomic E-state index is 13.2. The van der Waals surface area contributed by atoms with Crippen LogP contribution >= 0.6 is 11.6 Å². The van der Waals surface area contributed by atoms with E-state index in [1.165, 1.54) is 31.2 Å². The number of anilines is 2. The van der Waals surface area contributed by atoms with E-state index in [9.17, 15) is 19.3 Å². The van der Waals surface area contributed by atoms with Crippen molar-refractivity contribution in [2.75, 3.05) is 30.9 Å². The molecule has 0 radical (unpaired) electrons. The molecule has 2 aromatic carbocycles. The van der Waals surface area contributed by atoms with E-state index >= 15 is 0 Å². The summed E-state index contributed by atoms with van der Waals surface area (Å²) in [6, 6.07) is 7.90. The molecule has 0 bridgehead atoms. The quantitative estimate of drug-likeness (QED) is 0.624. The van der Waals surface area contributed by atoms with Gasteiger partial charge in [0.25, 0.3) is 5.69 Å². The van der Waals surface area contributed by atoms with Crippen molar-refractivity contribution in [2.45, 2.75) is 0 Å². The molecule has 1 N–H and O–H groups in total. The molecule has 0 aromatic heterocycles. The molecule has 0 unspecified atom stereocenters. The number of carbonyl (C=O) groups excluding carboxylic acids is 1. The highest BCUT2D eigenvalue weighted by atomic mass is 35.5. The molecule has 0 atom stereocenters. The average Bonchev–Trinajstić information content (AvgIpc) is 2.54. The number of benzene rings is 2. The molecule has 0 saturated carbocycles. The standard InChI is InChI=1S/C16H15ClFN3O4/c1-20(13-5-4-11(18)8-14(13)21(23)24)9-16(22)19-12-7-10(17)3-6-15(12)25-2/h3-8H,9H2,1-2H3,(H,19,22). The van der Waals surface area contributed by atoms with Gasteiger partial charge in [-0.2, -0.15) is 0 Å². The van der Waals surface area contributed by atoms with Gasteiger partial charge in [-0.1, -0.05) is 11.6 Å². The molecule has 2 rings (SSSR count). The van der Waals surface area contributed by atoms with E-state index in [1.54, 1.807) is 12.1 Å². The lowest BCUT2D eigenvalue weighted by Gasteiger charge is -2.19. The number of hydrogen-bond acceptors (Lipinski definition) is 5. The molecule has 0 heterocycles. The van der Waals surface area contributed by atoms with E-state index in [2.05, 4.69) is 5.32 Å². The van der Waals surface area contributed by atoms with Crippen molar-refractivity contribution in [3.05, 3.63) is 57.4 Å². The maximum Gasteiger partial charge on any atom is 0.295 e. The Morgan fingerprint density at radius 1 is 1.36 bits per heavy atom. The van der Waals surface area contributed by atoms with E-state index in [1.807, 2.05) is 0 Å². The monoisotopic (exact) mass is 367 g/mol. The number of hydrogen-bond donors (Lipinski definition) is 1. The molecular weight excluding hydrogens is 353 g/mol. The molecule has 25 heavy (non-hydrogen) atoms. The fourth-order valence-electron chi connectivity index (χ4n) is 2.23. The molecule has 0 spiro atoms. The van der Waals surface area contributed by atoms with Crippen LogP contribution in [0.2, 0.25) is 5.02 Å². The lowest BCUT2D eigenvalue weighted by Crippen LogP contribution is -2.30. The van der Waals surface area contributed by atoms with Crippen molar-refractivity contribution >= 4 is 34.6 Å².